The number of carbonyl (C=O) groups is 2. The van der Waals surface area contributed by atoms with E-state index in [1.54, 1.807) is 23.2 Å². The summed E-state index contributed by atoms with van der Waals surface area (Å²) in [6.07, 6.45) is 1.55. The second-order valence-corrected chi connectivity index (χ2v) is 6.87. The van der Waals surface area contributed by atoms with Crippen LogP contribution in [0.25, 0.3) is 11.3 Å². The summed E-state index contributed by atoms with van der Waals surface area (Å²) in [6.45, 7) is 5.98. The molecule has 1 fully saturated rings. The maximum absolute atomic E-state index is 12.9. The monoisotopic (exact) mass is 360 g/mol. The van der Waals surface area contributed by atoms with E-state index in [1.807, 2.05) is 30.9 Å². The molecule has 25 heavy (non-hydrogen) atoms. The zero-order valence-electron chi connectivity index (χ0n) is 14.3. The molecule has 1 saturated heterocycles. The summed E-state index contributed by atoms with van der Waals surface area (Å²) in [5.74, 6) is 0.0419. The highest BCUT2D eigenvalue weighted by Crippen LogP contribution is 2.24. The van der Waals surface area contributed by atoms with Crippen LogP contribution in [-0.2, 0) is 4.79 Å². The third kappa shape index (κ3) is 3.69. The van der Waals surface area contributed by atoms with Crippen molar-refractivity contribution in [2.45, 2.75) is 13.8 Å². The Balaban J connectivity index is 1.72. The number of rotatable bonds is 3. The van der Waals surface area contributed by atoms with Gasteiger partial charge in [0.25, 0.3) is 5.91 Å². The number of nitrogens with zero attached hydrogens (tertiary/aromatic N) is 3. The second kappa shape index (κ2) is 7.27. The average Bonchev–Trinajstić information content (AvgIpc) is 3.11. The van der Waals surface area contributed by atoms with Crippen molar-refractivity contribution >= 4 is 23.4 Å². The molecule has 1 aliphatic heterocycles. The number of carbonyl (C=O) groups excluding carboxylic acids is 2. The zero-order chi connectivity index (χ0) is 18.0. The van der Waals surface area contributed by atoms with Crippen LogP contribution in [0.15, 0.2) is 30.5 Å². The fourth-order valence-electron chi connectivity index (χ4n) is 2.95. The van der Waals surface area contributed by atoms with Crippen molar-refractivity contribution in [1.29, 1.82) is 0 Å². The van der Waals surface area contributed by atoms with E-state index in [2.05, 4.69) is 10.2 Å². The first-order valence-electron chi connectivity index (χ1n) is 8.34. The number of aromatic amines is 1. The Labute approximate surface area is 151 Å². The van der Waals surface area contributed by atoms with E-state index < -0.39 is 0 Å². The van der Waals surface area contributed by atoms with Gasteiger partial charge < -0.3 is 9.80 Å². The molecule has 1 aliphatic rings. The molecule has 0 spiro atoms. The summed E-state index contributed by atoms with van der Waals surface area (Å²) in [7, 11) is 0. The summed E-state index contributed by atoms with van der Waals surface area (Å²) in [5, 5.41) is 7.57. The van der Waals surface area contributed by atoms with Gasteiger partial charge in [-0.1, -0.05) is 37.6 Å². The zero-order valence-corrected chi connectivity index (χ0v) is 15.1. The number of halogens is 1. The van der Waals surface area contributed by atoms with Gasteiger partial charge in [0.15, 0.2) is 0 Å². The molecule has 2 aromatic rings. The van der Waals surface area contributed by atoms with Crippen LogP contribution in [0.5, 0.6) is 0 Å². The summed E-state index contributed by atoms with van der Waals surface area (Å²) in [4.78, 5) is 28.5. The minimum atomic E-state index is -0.0738. The minimum absolute atomic E-state index is 0.0207. The molecule has 0 unspecified atom stereocenters. The highest BCUT2D eigenvalue weighted by atomic mass is 35.5. The van der Waals surface area contributed by atoms with Gasteiger partial charge in [-0.15, -0.1) is 0 Å². The predicted molar refractivity (Wildman–Crippen MR) is 96.4 cm³/mol. The van der Waals surface area contributed by atoms with Gasteiger partial charge in [0.1, 0.15) is 0 Å². The van der Waals surface area contributed by atoms with Crippen molar-refractivity contribution in [1.82, 2.24) is 20.0 Å². The number of nitrogens with one attached hydrogen (secondary N) is 1. The highest BCUT2D eigenvalue weighted by molar-refractivity contribution is 6.30. The lowest BCUT2D eigenvalue weighted by molar-refractivity contribution is -0.135. The van der Waals surface area contributed by atoms with Gasteiger partial charge in [-0.3, -0.25) is 14.7 Å². The Hall–Kier alpha value is -2.34. The molecule has 6 nitrogen and oxygen atoms in total. The lowest BCUT2D eigenvalue weighted by Crippen LogP contribution is -2.51. The van der Waals surface area contributed by atoms with E-state index in [1.165, 1.54) is 0 Å². The molecule has 0 saturated carbocycles. The molecule has 3 rings (SSSR count). The Kier molecular flexibility index (Phi) is 5.08. The summed E-state index contributed by atoms with van der Waals surface area (Å²) >= 11 is 5.93. The standard InChI is InChI=1S/C18H21ClN4O2/c1-12(2)17(24)22-7-9-23(10-8-22)18(25)15-11-20-21-16(15)13-3-5-14(19)6-4-13/h3-6,11-12H,7-10H2,1-2H3,(H,20,21). The van der Waals surface area contributed by atoms with E-state index in [4.69, 9.17) is 11.6 Å². The highest BCUT2D eigenvalue weighted by Gasteiger charge is 2.27. The number of hydrogen-bond donors (Lipinski definition) is 1. The van der Waals surface area contributed by atoms with Crippen LogP contribution in [0.2, 0.25) is 5.02 Å². The smallest absolute Gasteiger partial charge is 0.257 e. The van der Waals surface area contributed by atoms with Crippen molar-refractivity contribution in [3.63, 3.8) is 0 Å². The quantitative estimate of drug-likeness (QED) is 0.914. The topological polar surface area (TPSA) is 69.3 Å². The first-order valence-corrected chi connectivity index (χ1v) is 8.72. The van der Waals surface area contributed by atoms with Gasteiger partial charge in [0.05, 0.1) is 17.5 Å². The van der Waals surface area contributed by atoms with Gasteiger partial charge in [-0.05, 0) is 12.1 Å². The SMILES string of the molecule is CC(C)C(=O)N1CCN(C(=O)c2cn[nH]c2-c2ccc(Cl)cc2)CC1. The van der Waals surface area contributed by atoms with Crippen molar-refractivity contribution in [2.75, 3.05) is 26.2 Å². The van der Waals surface area contributed by atoms with E-state index in [-0.39, 0.29) is 17.7 Å². The number of hydrogen-bond acceptors (Lipinski definition) is 3. The molecule has 1 aromatic carbocycles. The molecule has 2 heterocycles. The van der Waals surface area contributed by atoms with Crippen molar-refractivity contribution in [3.8, 4) is 11.3 Å². The molecule has 7 heteroatoms. The molecule has 0 atom stereocenters. The Morgan fingerprint density at radius 2 is 1.68 bits per heavy atom. The number of H-pyrrole nitrogens is 1. The molecule has 1 N–H and O–H groups in total. The van der Waals surface area contributed by atoms with Gasteiger partial charge in [0.2, 0.25) is 5.91 Å². The van der Waals surface area contributed by atoms with Crippen LogP contribution < -0.4 is 0 Å². The van der Waals surface area contributed by atoms with Crippen molar-refractivity contribution in [3.05, 3.63) is 41.0 Å². The van der Waals surface area contributed by atoms with Gasteiger partial charge in [0, 0.05) is 42.7 Å². The first kappa shape index (κ1) is 17.5. The van der Waals surface area contributed by atoms with Crippen LogP contribution in [0.4, 0.5) is 0 Å². The van der Waals surface area contributed by atoms with E-state index in [9.17, 15) is 9.59 Å². The Bertz CT molecular complexity index is 762. The molecule has 132 valence electrons. The van der Waals surface area contributed by atoms with Crippen LogP contribution >= 0.6 is 11.6 Å². The molecule has 0 radical (unpaired) electrons. The lowest BCUT2D eigenvalue weighted by atomic mass is 10.1. The number of benzene rings is 1. The molecule has 0 bridgehead atoms. The Morgan fingerprint density at radius 3 is 2.28 bits per heavy atom. The third-order valence-corrected chi connectivity index (χ3v) is 4.63. The largest absolute Gasteiger partial charge is 0.339 e. The Morgan fingerprint density at radius 1 is 1.08 bits per heavy atom. The number of aromatic nitrogens is 2. The fourth-order valence-corrected chi connectivity index (χ4v) is 3.08. The van der Waals surface area contributed by atoms with Gasteiger partial charge in [-0.2, -0.15) is 5.10 Å². The van der Waals surface area contributed by atoms with Crippen LogP contribution in [0.1, 0.15) is 24.2 Å². The summed E-state index contributed by atoms with van der Waals surface area (Å²) in [5.41, 5.74) is 2.08. The van der Waals surface area contributed by atoms with Crippen LogP contribution in [0.3, 0.4) is 0 Å². The number of piperazine rings is 1. The first-order chi connectivity index (χ1) is 12.0. The van der Waals surface area contributed by atoms with E-state index >= 15 is 0 Å². The van der Waals surface area contributed by atoms with E-state index in [0.717, 1.165) is 5.56 Å². The second-order valence-electron chi connectivity index (χ2n) is 6.44. The molecular weight excluding hydrogens is 340 g/mol. The maximum Gasteiger partial charge on any atom is 0.257 e. The predicted octanol–water partition coefficient (Wildman–Crippen LogP) is 2.67. The van der Waals surface area contributed by atoms with Crippen molar-refractivity contribution in [2.24, 2.45) is 5.92 Å². The van der Waals surface area contributed by atoms with Crippen LogP contribution in [0, 0.1) is 5.92 Å². The average molecular weight is 361 g/mol. The molecule has 2 amide bonds. The number of amides is 2. The summed E-state index contributed by atoms with van der Waals surface area (Å²) in [6, 6.07) is 7.27. The molecule has 0 aliphatic carbocycles. The molecular formula is C18H21ClN4O2. The van der Waals surface area contributed by atoms with Crippen molar-refractivity contribution < 1.29 is 9.59 Å². The lowest BCUT2D eigenvalue weighted by Gasteiger charge is -2.35. The van der Waals surface area contributed by atoms with E-state index in [0.29, 0.717) is 42.5 Å². The molecule has 1 aromatic heterocycles. The van der Waals surface area contributed by atoms with Gasteiger partial charge >= 0.3 is 0 Å². The van der Waals surface area contributed by atoms with Crippen LogP contribution in [-0.4, -0.2) is 58.0 Å². The maximum atomic E-state index is 12.9. The van der Waals surface area contributed by atoms with Gasteiger partial charge in [-0.25, -0.2) is 0 Å². The summed E-state index contributed by atoms with van der Waals surface area (Å²) < 4.78 is 0. The fraction of sp³-hybridized carbons (Fsp3) is 0.389. The normalized spacial score (nSPS) is 14.9. The third-order valence-electron chi connectivity index (χ3n) is 4.38. The minimum Gasteiger partial charge on any atom is -0.339 e.